The minimum atomic E-state index is -0.364. The molecule has 0 heterocycles. The van der Waals surface area contributed by atoms with E-state index in [1.54, 1.807) is 25.3 Å². The first-order valence-electron chi connectivity index (χ1n) is 7.16. The largest absolute Gasteiger partial charge is 0.495 e. The number of carbonyl (C=O) groups is 1. The number of methoxy groups -OCH3 is 1. The number of rotatable bonds is 6. The van der Waals surface area contributed by atoms with Crippen LogP contribution in [0.15, 0.2) is 42.5 Å². The summed E-state index contributed by atoms with van der Waals surface area (Å²) in [6.45, 7) is 2.45. The van der Waals surface area contributed by atoms with Gasteiger partial charge in [-0.3, -0.25) is 0 Å². The maximum Gasteiger partial charge on any atom is 0.319 e. The third-order valence-corrected chi connectivity index (χ3v) is 3.06. The van der Waals surface area contributed by atoms with E-state index >= 15 is 0 Å². The lowest BCUT2D eigenvalue weighted by Crippen LogP contribution is -2.32. The number of carbonyl (C=O) groups excluding carboxylic acids is 1. The van der Waals surface area contributed by atoms with Gasteiger partial charge in [-0.25, -0.2) is 9.18 Å². The quantitative estimate of drug-likeness (QED) is 0.803. The molecule has 2 aromatic carbocycles. The number of hydrogen-bond donors (Lipinski definition) is 2. The van der Waals surface area contributed by atoms with Crippen LogP contribution >= 0.6 is 0 Å². The van der Waals surface area contributed by atoms with Gasteiger partial charge in [0.15, 0.2) is 0 Å². The van der Waals surface area contributed by atoms with E-state index in [0.29, 0.717) is 17.2 Å². The van der Waals surface area contributed by atoms with E-state index in [1.165, 1.54) is 12.1 Å². The molecule has 2 aromatic rings. The van der Waals surface area contributed by atoms with Gasteiger partial charge in [0.05, 0.1) is 19.3 Å². The molecule has 0 fully saturated rings. The van der Waals surface area contributed by atoms with Crippen LogP contribution in [0.4, 0.5) is 14.9 Å². The van der Waals surface area contributed by atoms with Crippen LogP contribution in [0.1, 0.15) is 5.56 Å². The van der Waals surface area contributed by atoms with Crippen LogP contribution in [0, 0.1) is 12.7 Å². The number of anilines is 1. The zero-order valence-corrected chi connectivity index (χ0v) is 13.1. The third-order valence-electron chi connectivity index (χ3n) is 3.06. The number of benzene rings is 2. The maximum atomic E-state index is 13.0. The first kappa shape index (κ1) is 16.6. The van der Waals surface area contributed by atoms with E-state index in [0.717, 1.165) is 5.56 Å². The molecule has 0 aromatic heterocycles. The third kappa shape index (κ3) is 5.18. The van der Waals surface area contributed by atoms with Crippen LogP contribution in [-0.4, -0.2) is 26.3 Å². The van der Waals surface area contributed by atoms with Gasteiger partial charge in [0, 0.05) is 6.07 Å². The molecule has 2 amide bonds. The van der Waals surface area contributed by atoms with Crippen molar-refractivity contribution in [1.29, 1.82) is 0 Å². The maximum absolute atomic E-state index is 13.0. The summed E-state index contributed by atoms with van der Waals surface area (Å²) in [6, 6.07) is 11.0. The van der Waals surface area contributed by atoms with Gasteiger partial charge in [-0.15, -0.1) is 0 Å². The molecule has 0 unspecified atom stereocenters. The van der Waals surface area contributed by atoms with E-state index in [2.05, 4.69) is 10.6 Å². The Balaban J connectivity index is 1.78. The molecule has 0 aliphatic rings. The summed E-state index contributed by atoms with van der Waals surface area (Å²) in [5.41, 5.74) is 1.60. The van der Waals surface area contributed by atoms with Gasteiger partial charge in [-0.1, -0.05) is 12.1 Å². The Morgan fingerprint density at radius 1 is 1.22 bits per heavy atom. The standard InChI is InChI=1S/C17H19FN2O3/c1-12-6-7-16(22-2)15(10-12)20-17(21)19-8-9-23-14-5-3-4-13(18)11-14/h3-7,10-11H,8-9H2,1-2H3,(H2,19,20,21). The Kier molecular flexibility index (Phi) is 5.80. The highest BCUT2D eigenvalue weighted by Gasteiger charge is 2.07. The van der Waals surface area contributed by atoms with Crippen molar-refractivity contribution in [2.45, 2.75) is 6.92 Å². The summed E-state index contributed by atoms with van der Waals surface area (Å²) >= 11 is 0. The monoisotopic (exact) mass is 318 g/mol. The molecule has 6 heteroatoms. The average molecular weight is 318 g/mol. The molecule has 5 nitrogen and oxygen atoms in total. The van der Waals surface area contributed by atoms with Crippen LogP contribution in [0.2, 0.25) is 0 Å². The van der Waals surface area contributed by atoms with Gasteiger partial charge >= 0.3 is 6.03 Å². The first-order chi connectivity index (χ1) is 11.1. The van der Waals surface area contributed by atoms with Crippen molar-refractivity contribution >= 4 is 11.7 Å². The lowest BCUT2D eigenvalue weighted by molar-refractivity contribution is 0.247. The van der Waals surface area contributed by atoms with E-state index in [4.69, 9.17) is 9.47 Å². The molecule has 122 valence electrons. The number of hydrogen-bond acceptors (Lipinski definition) is 3. The molecular formula is C17H19FN2O3. The van der Waals surface area contributed by atoms with E-state index in [9.17, 15) is 9.18 Å². The minimum absolute atomic E-state index is 0.238. The second-order valence-corrected chi connectivity index (χ2v) is 4.89. The number of nitrogens with one attached hydrogen (secondary N) is 2. The molecule has 0 aliphatic heterocycles. The summed E-state index contributed by atoms with van der Waals surface area (Å²) in [7, 11) is 1.54. The average Bonchev–Trinajstić information content (AvgIpc) is 2.52. The molecule has 0 bridgehead atoms. The molecule has 0 atom stereocenters. The van der Waals surface area contributed by atoms with Gasteiger partial charge in [0.1, 0.15) is 23.9 Å². The van der Waals surface area contributed by atoms with Gasteiger partial charge in [0.2, 0.25) is 0 Å². The van der Waals surface area contributed by atoms with Crippen LogP contribution in [0.25, 0.3) is 0 Å². The van der Waals surface area contributed by atoms with Crippen molar-refractivity contribution in [3.63, 3.8) is 0 Å². The predicted octanol–water partition coefficient (Wildman–Crippen LogP) is 3.34. The molecule has 23 heavy (non-hydrogen) atoms. The number of ether oxygens (including phenoxy) is 2. The zero-order chi connectivity index (χ0) is 16.7. The summed E-state index contributed by atoms with van der Waals surface area (Å²) in [5, 5.41) is 5.38. The summed E-state index contributed by atoms with van der Waals surface area (Å²) in [6.07, 6.45) is 0. The molecule has 0 aliphatic carbocycles. The fourth-order valence-corrected chi connectivity index (χ4v) is 1.98. The Labute approximate surface area is 134 Å². The molecule has 0 spiro atoms. The van der Waals surface area contributed by atoms with Gasteiger partial charge < -0.3 is 20.1 Å². The molecule has 0 radical (unpaired) electrons. The van der Waals surface area contributed by atoms with Crippen molar-refractivity contribution in [1.82, 2.24) is 5.32 Å². The Morgan fingerprint density at radius 2 is 2.04 bits per heavy atom. The van der Waals surface area contributed by atoms with E-state index < -0.39 is 0 Å². The van der Waals surface area contributed by atoms with Crippen molar-refractivity contribution in [2.75, 3.05) is 25.6 Å². The van der Waals surface area contributed by atoms with Crippen LogP contribution in [-0.2, 0) is 0 Å². The summed E-state index contributed by atoms with van der Waals surface area (Å²) in [4.78, 5) is 11.9. The fraction of sp³-hybridized carbons (Fsp3) is 0.235. The Bertz CT molecular complexity index is 677. The second-order valence-electron chi connectivity index (χ2n) is 4.89. The molecular weight excluding hydrogens is 299 g/mol. The highest BCUT2D eigenvalue weighted by atomic mass is 19.1. The van der Waals surface area contributed by atoms with Crippen molar-refractivity contribution in [3.05, 3.63) is 53.8 Å². The number of aryl methyl sites for hydroxylation is 1. The number of urea groups is 1. The SMILES string of the molecule is COc1ccc(C)cc1NC(=O)NCCOc1cccc(F)c1. The van der Waals surface area contributed by atoms with Crippen molar-refractivity contribution in [3.8, 4) is 11.5 Å². The van der Waals surface area contributed by atoms with Crippen molar-refractivity contribution < 1.29 is 18.7 Å². The highest BCUT2D eigenvalue weighted by Crippen LogP contribution is 2.24. The van der Waals surface area contributed by atoms with Gasteiger partial charge in [-0.2, -0.15) is 0 Å². The summed E-state index contributed by atoms with van der Waals surface area (Å²) in [5.74, 6) is 0.647. The topological polar surface area (TPSA) is 59.6 Å². The smallest absolute Gasteiger partial charge is 0.319 e. The normalized spacial score (nSPS) is 10.0. The lowest BCUT2D eigenvalue weighted by Gasteiger charge is -2.12. The van der Waals surface area contributed by atoms with Crippen LogP contribution < -0.4 is 20.1 Å². The van der Waals surface area contributed by atoms with E-state index in [1.807, 2.05) is 19.1 Å². The molecule has 2 rings (SSSR count). The van der Waals surface area contributed by atoms with Gasteiger partial charge in [-0.05, 0) is 36.8 Å². The Hall–Kier alpha value is -2.76. The number of halogens is 1. The highest BCUT2D eigenvalue weighted by molar-refractivity contribution is 5.91. The van der Waals surface area contributed by atoms with Crippen LogP contribution in [0.5, 0.6) is 11.5 Å². The minimum Gasteiger partial charge on any atom is -0.495 e. The van der Waals surface area contributed by atoms with E-state index in [-0.39, 0.29) is 25.0 Å². The number of amides is 2. The zero-order valence-electron chi connectivity index (χ0n) is 13.1. The molecule has 2 N–H and O–H groups in total. The summed E-state index contributed by atoms with van der Waals surface area (Å²) < 4.78 is 23.5. The Morgan fingerprint density at radius 3 is 2.78 bits per heavy atom. The second kappa shape index (κ2) is 8.03. The first-order valence-corrected chi connectivity index (χ1v) is 7.16. The molecule has 0 saturated heterocycles. The molecule has 0 saturated carbocycles. The van der Waals surface area contributed by atoms with Crippen LogP contribution in [0.3, 0.4) is 0 Å². The van der Waals surface area contributed by atoms with Crippen molar-refractivity contribution in [2.24, 2.45) is 0 Å². The van der Waals surface area contributed by atoms with Gasteiger partial charge in [0.25, 0.3) is 0 Å². The lowest BCUT2D eigenvalue weighted by atomic mass is 10.2. The fourth-order valence-electron chi connectivity index (χ4n) is 1.98. The predicted molar refractivity (Wildman–Crippen MR) is 86.6 cm³/mol.